The first-order chi connectivity index (χ1) is 8.47. The molecule has 0 spiro atoms. The average Bonchev–Trinajstić information content (AvgIpc) is 2.37. The zero-order valence-electron chi connectivity index (χ0n) is 10.1. The lowest BCUT2D eigenvalue weighted by molar-refractivity contribution is -0.139. The number of ether oxygens (including phenoxy) is 1. The smallest absolute Gasteiger partial charge is 0.320 e. The highest BCUT2D eigenvalue weighted by Crippen LogP contribution is 2.05. The number of aliphatic carboxylic acids is 2. The largest absolute Gasteiger partial charge is 0.497 e. The summed E-state index contributed by atoms with van der Waals surface area (Å²) < 4.78 is 4.91. The SMILES string of the molecule is COc1ccccc1.NC(CCC(=O)O)C(=O)O. The molecule has 1 atom stereocenters. The third-order valence-corrected chi connectivity index (χ3v) is 1.97. The normalized spacial score (nSPS) is 10.8. The number of methoxy groups -OCH3 is 1. The Morgan fingerprint density at radius 3 is 2.17 bits per heavy atom. The topological polar surface area (TPSA) is 110 Å². The van der Waals surface area contributed by atoms with E-state index in [1.165, 1.54) is 0 Å². The molecule has 0 aliphatic heterocycles. The van der Waals surface area contributed by atoms with Gasteiger partial charge in [-0.05, 0) is 18.6 Å². The lowest BCUT2D eigenvalue weighted by Gasteiger charge is -2.01. The summed E-state index contributed by atoms with van der Waals surface area (Å²) in [6.07, 6.45) is -0.224. The van der Waals surface area contributed by atoms with Gasteiger partial charge >= 0.3 is 11.9 Å². The molecule has 4 N–H and O–H groups in total. The van der Waals surface area contributed by atoms with Crippen LogP contribution in [-0.2, 0) is 9.59 Å². The summed E-state index contributed by atoms with van der Waals surface area (Å²) in [5.74, 6) is -1.29. The Bertz CT molecular complexity index is 366. The first-order valence-electron chi connectivity index (χ1n) is 5.26. The summed E-state index contributed by atoms with van der Waals surface area (Å²) in [4.78, 5) is 19.9. The van der Waals surface area contributed by atoms with E-state index in [1.54, 1.807) is 7.11 Å². The number of rotatable bonds is 5. The lowest BCUT2D eigenvalue weighted by Crippen LogP contribution is -2.30. The Balaban J connectivity index is 0.000000327. The van der Waals surface area contributed by atoms with E-state index in [-0.39, 0.29) is 12.8 Å². The molecule has 0 saturated carbocycles. The van der Waals surface area contributed by atoms with Gasteiger partial charge in [0.25, 0.3) is 0 Å². The first-order valence-corrected chi connectivity index (χ1v) is 5.26. The van der Waals surface area contributed by atoms with E-state index in [1.807, 2.05) is 30.3 Å². The monoisotopic (exact) mass is 255 g/mol. The maximum Gasteiger partial charge on any atom is 0.320 e. The van der Waals surface area contributed by atoms with Gasteiger partial charge in [-0.25, -0.2) is 0 Å². The van der Waals surface area contributed by atoms with Crippen LogP contribution in [-0.4, -0.2) is 35.3 Å². The second kappa shape index (κ2) is 9.00. The minimum absolute atomic E-state index is 0.0231. The minimum atomic E-state index is -1.17. The molecule has 6 heteroatoms. The summed E-state index contributed by atoms with van der Waals surface area (Å²) >= 11 is 0. The number of para-hydroxylation sites is 1. The molecule has 0 radical (unpaired) electrons. The van der Waals surface area contributed by atoms with Gasteiger partial charge < -0.3 is 20.7 Å². The molecular weight excluding hydrogens is 238 g/mol. The van der Waals surface area contributed by atoms with E-state index in [2.05, 4.69) is 0 Å². The Morgan fingerprint density at radius 1 is 1.28 bits per heavy atom. The van der Waals surface area contributed by atoms with E-state index in [4.69, 9.17) is 20.7 Å². The van der Waals surface area contributed by atoms with Gasteiger partial charge in [0.1, 0.15) is 11.8 Å². The summed E-state index contributed by atoms with van der Waals surface area (Å²) in [5.41, 5.74) is 5.00. The average molecular weight is 255 g/mol. The Kier molecular flexibility index (Phi) is 7.96. The molecule has 6 nitrogen and oxygen atoms in total. The van der Waals surface area contributed by atoms with Crippen molar-refractivity contribution in [1.29, 1.82) is 0 Å². The molecule has 0 aliphatic rings. The molecule has 0 aromatic heterocycles. The van der Waals surface area contributed by atoms with Crippen molar-refractivity contribution in [2.24, 2.45) is 5.73 Å². The molecule has 1 rings (SSSR count). The van der Waals surface area contributed by atoms with Crippen LogP contribution in [0.15, 0.2) is 30.3 Å². The second-order valence-corrected chi connectivity index (χ2v) is 3.39. The van der Waals surface area contributed by atoms with Gasteiger partial charge in [-0.3, -0.25) is 9.59 Å². The highest BCUT2D eigenvalue weighted by Gasteiger charge is 2.12. The molecule has 0 fully saturated rings. The van der Waals surface area contributed by atoms with Crippen molar-refractivity contribution >= 4 is 11.9 Å². The zero-order valence-corrected chi connectivity index (χ0v) is 10.1. The van der Waals surface area contributed by atoms with E-state index in [9.17, 15) is 9.59 Å². The van der Waals surface area contributed by atoms with Crippen LogP contribution in [0.5, 0.6) is 5.75 Å². The number of carboxylic acids is 2. The predicted molar refractivity (Wildman–Crippen MR) is 65.5 cm³/mol. The molecule has 1 unspecified atom stereocenters. The lowest BCUT2D eigenvalue weighted by atomic mass is 10.2. The second-order valence-electron chi connectivity index (χ2n) is 3.39. The highest BCUT2D eigenvalue weighted by molar-refractivity contribution is 5.74. The first kappa shape index (κ1) is 15.9. The number of nitrogens with two attached hydrogens (primary N) is 1. The fourth-order valence-electron chi connectivity index (χ4n) is 0.959. The number of carbonyl (C=O) groups is 2. The zero-order chi connectivity index (χ0) is 14.0. The van der Waals surface area contributed by atoms with Crippen LogP contribution < -0.4 is 10.5 Å². The van der Waals surface area contributed by atoms with Crippen LogP contribution in [0.25, 0.3) is 0 Å². The van der Waals surface area contributed by atoms with E-state index in [0.717, 1.165) is 5.75 Å². The van der Waals surface area contributed by atoms with E-state index >= 15 is 0 Å². The number of benzene rings is 1. The van der Waals surface area contributed by atoms with Gasteiger partial charge in [-0.2, -0.15) is 0 Å². The molecule has 0 amide bonds. The van der Waals surface area contributed by atoms with Crippen molar-refractivity contribution in [1.82, 2.24) is 0 Å². The Morgan fingerprint density at radius 2 is 1.83 bits per heavy atom. The fourth-order valence-corrected chi connectivity index (χ4v) is 0.959. The van der Waals surface area contributed by atoms with Crippen molar-refractivity contribution < 1.29 is 24.5 Å². The van der Waals surface area contributed by atoms with Crippen LogP contribution in [0, 0.1) is 0 Å². The van der Waals surface area contributed by atoms with Crippen LogP contribution in [0.2, 0.25) is 0 Å². The van der Waals surface area contributed by atoms with Gasteiger partial charge in [-0.1, -0.05) is 18.2 Å². The van der Waals surface area contributed by atoms with Crippen molar-refractivity contribution in [3.63, 3.8) is 0 Å². The summed E-state index contributed by atoms with van der Waals surface area (Å²) in [6, 6.07) is 8.62. The van der Waals surface area contributed by atoms with Crippen molar-refractivity contribution in [3.05, 3.63) is 30.3 Å². The Labute approximate surface area is 105 Å². The summed E-state index contributed by atoms with van der Waals surface area (Å²) in [7, 11) is 1.66. The van der Waals surface area contributed by atoms with Crippen LogP contribution in [0.3, 0.4) is 0 Å². The molecule has 0 aliphatic carbocycles. The Hall–Kier alpha value is -2.08. The summed E-state index contributed by atoms with van der Waals surface area (Å²) in [6.45, 7) is 0. The summed E-state index contributed by atoms with van der Waals surface area (Å²) in [5, 5.41) is 16.3. The van der Waals surface area contributed by atoms with Crippen LogP contribution in [0.4, 0.5) is 0 Å². The van der Waals surface area contributed by atoms with Crippen molar-refractivity contribution in [3.8, 4) is 5.75 Å². The van der Waals surface area contributed by atoms with Crippen molar-refractivity contribution in [2.75, 3.05) is 7.11 Å². The molecule has 18 heavy (non-hydrogen) atoms. The highest BCUT2D eigenvalue weighted by atomic mass is 16.5. The van der Waals surface area contributed by atoms with E-state index < -0.39 is 18.0 Å². The molecule has 100 valence electrons. The van der Waals surface area contributed by atoms with Gasteiger partial charge in [0.2, 0.25) is 0 Å². The molecule has 1 aromatic rings. The maximum atomic E-state index is 9.99. The minimum Gasteiger partial charge on any atom is -0.497 e. The van der Waals surface area contributed by atoms with E-state index in [0.29, 0.717) is 0 Å². The van der Waals surface area contributed by atoms with Gasteiger partial charge in [0.05, 0.1) is 7.11 Å². The van der Waals surface area contributed by atoms with Crippen molar-refractivity contribution in [2.45, 2.75) is 18.9 Å². The molecule has 0 bridgehead atoms. The molecule has 0 heterocycles. The number of carboxylic acid groups (broad SMARTS) is 2. The van der Waals surface area contributed by atoms with Crippen LogP contribution >= 0.6 is 0 Å². The quantitative estimate of drug-likeness (QED) is 0.722. The van der Waals surface area contributed by atoms with Crippen LogP contribution in [0.1, 0.15) is 12.8 Å². The standard InChI is InChI=1S/C7H8O.C5H9NO4/c1-8-7-5-3-2-4-6-7;6-3(5(9)10)1-2-4(7)8/h2-6H,1H3;3H,1-2,6H2,(H,7,8)(H,9,10). The van der Waals surface area contributed by atoms with Gasteiger partial charge in [-0.15, -0.1) is 0 Å². The predicted octanol–water partition coefficient (Wildman–Crippen LogP) is 0.958. The fraction of sp³-hybridized carbons (Fsp3) is 0.333. The number of hydrogen-bond acceptors (Lipinski definition) is 4. The molecular formula is C12H17NO5. The van der Waals surface area contributed by atoms with Gasteiger partial charge in [0.15, 0.2) is 0 Å². The molecule has 1 aromatic carbocycles. The maximum absolute atomic E-state index is 9.99. The third kappa shape index (κ3) is 8.12. The van der Waals surface area contributed by atoms with Gasteiger partial charge in [0, 0.05) is 6.42 Å². The third-order valence-electron chi connectivity index (χ3n) is 1.97. The number of hydrogen-bond donors (Lipinski definition) is 3. The molecule has 0 saturated heterocycles.